The summed E-state index contributed by atoms with van der Waals surface area (Å²) >= 11 is 0. The van der Waals surface area contributed by atoms with Gasteiger partial charge in [0, 0.05) is 24.7 Å². The van der Waals surface area contributed by atoms with Crippen LogP contribution in [-0.2, 0) is 32.0 Å². The van der Waals surface area contributed by atoms with Crippen LogP contribution >= 0.6 is 0 Å². The van der Waals surface area contributed by atoms with Crippen molar-refractivity contribution in [2.75, 3.05) is 6.54 Å². The van der Waals surface area contributed by atoms with Crippen LogP contribution in [0.25, 0.3) is 0 Å². The number of aromatic nitrogens is 2. The zero-order chi connectivity index (χ0) is 26.1. The molecule has 0 aliphatic carbocycles. The maximum absolute atomic E-state index is 13.4. The smallest absolute Gasteiger partial charge is 0.328 e. The minimum atomic E-state index is -1.55. The fourth-order valence-corrected chi connectivity index (χ4v) is 3.98. The molecule has 36 heavy (non-hydrogen) atoms. The third-order valence-corrected chi connectivity index (χ3v) is 5.95. The lowest BCUT2D eigenvalue weighted by atomic mass is 10.0. The van der Waals surface area contributed by atoms with Gasteiger partial charge in [0.05, 0.1) is 18.5 Å². The van der Waals surface area contributed by atoms with E-state index in [0.29, 0.717) is 18.7 Å². The summed E-state index contributed by atoms with van der Waals surface area (Å²) in [5, 5.41) is 29.9. The molecule has 1 aromatic carbocycles. The highest BCUT2D eigenvalue weighted by Gasteiger charge is 2.33. The van der Waals surface area contributed by atoms with Crippen molar-refractivity contribution in [1.29, 1.82) is 0 Å². The molecule has 2 aromatic rings. The molecule has 1 aliphatic heterocycles. The first-order valence-electron chi connectivity index (χ1n) is 11.8. The molecule has 194 valence electrons. The number of H-pyrrole nitrogens is 1. The Labute approximate surface area is 208 Å². The van der Waals surface area contributed by atoms with Gasteiger partial charge in [-0.1, -0.05) is 30.3 Å². The van der Waals surface area contributed by atoms with Crippen molar-refractivity contribution in [2.24, 2.45) is 0 Å². The predicted molar refractivity (Wildman–Crippen MR) is 129 cm³/mol. The summed E-state index contributed by atoms with van der Waals surface area (Å²) in [5.41, 5.74) is 1.34. The van der Waals surface area contributed by atoms with Crippen LogP contribution in [0, 0.1) is 0 Å². The molecule has 3 rings (SSSR count). The van der Waals surface area contributed by atoms with E-state index in [1.165, 1.54) is 19.4 Å². The molecular formula is C24H32N6O6. The number of carbonyl (C=O) groups is 4. The fraction of sp³-hybridized carbons (Fsp3) is 0.458. The number of carboxylic acid groups (broad SMARTS) is 1. The van der Waals surface area contributed by atoms with Crippen molar-refractivity contribution < 1.29 is 29.4 Å². The number of aliphatic hydroxyl groups excluding tert-OH is 1. The number of nitrogens with one attached hydrogen (secondary N) is 5. The second-order valence-corrected chi connectivity index (χ2v) is 8.81. The van der Waals surface area contributed by atoms with Gasteiger partial charge in [0.15, 0.2) is 6.04 Å². The molecular weight excluding hydrogens is 468 g/mol. The highest BCUT2D eigenvalue weighted by atomic mass is 16.4. The summed E-state index contributed by atoms with van der Waals surface area (Å²) in [6.45, 7) is 1.96. The van der Waals surface area contributed by atoms with Gasteiger partial charge >= 0.3 is 5.97 Å². The monoisotopic (exact) mass is 500 g/mol. The largest absolute Gasteiger partial charge is 0.480 e. The number of hydrogen-bond acceptors (Lipinski definition) is 7. The molecule has 1 aromatic heterocycles. The number of imidazole rings is 1. The highest BCUT2D eigenvalue weighted by molar-refractivity contribution is 5.94. The van der Waals surface area contributed by atoms with Gasteiger partial charge < -0.3 is 36.5 Å². The Hall–Kier alpha value is -3.77. The average molecular weight is 501 g/mol. The molecule has 0 bridgehead atoms. The number of hydrogen-bond donors (Lipinski definition) is 7. The van der Waals surface area contributed by atoms with E-state index in [1.54, 1.807) is 30.3 Å². The molecule has 12 heteroatoms. The van der Waals surface area contributed by atoms with E-state index in [2.05, 4.69) is 31.2 Å². The number of aromatic amines is 1. The second-order valence-electron chi connectivity index (χ2n) is 8.81. The van der Waals surface area contributed by atoms with Gasteiger partial charge in [-0.2, -0.15) is 0 Å². The summed E-state index contributed by atoms with van der Waals surface area (Å²) in [4.78, 5) is 57.5. The van der Waals surface area contributed by atoms with Crippen LogP contribution in [0.1, 0.15) is 31.0 Å². The van der Waals surface area contributed by atoms with E-state index >= 15 is 0 Å². The zero-order valence-corrected chi connectivity index (χ0v) is 19.9. The number of carboxylic acids is 1. The number of carbonyl (C=O) groups excluding carboxylic acids is 3. The van der Waals surface area contributed by atoms with Crippen molar-refractivity contribution in [1.82, 2.24) is 31.2 Å². The van der Waals surface area contributed by atoms with Gasteiger partial charge in [0.1, 0.15) is 12.1 Å². The van der Waals surface area contributed by atoms with Crippen LogP contribution in [0.4, 0.5) is 0 Å². The summed E-state index contributed by atoms with van der Waals surface area (Å²) in [6.07, 6.45) is 3.31. The summed E-state index contributed by atoms with van der Waals surface area (Å²) in [6, 6.07) is 4.75. The van der Waals surface area contributed by atoms with E-state index < -0.39 is 48.1 Å². The third kappa shape index (κ3) is 7.62. The fourth-order valence-electron chi connectivity index (χ4n) is 3.98. The Balaban J connectivity index is 1.79. The van der Waals surface area contributed by atoms with Crippen molar-refractivity contribution in [3.63, 3.8) is 0 Å². The quantitative estimate of drug-likeness (QED) is 0.191. The van der Waals surface area contributed by atoms with Gasteiger partial charge in [0.25, 0.3) is 0 Å². The van der Waals surface area contributed by atoms with E-state index in [-0.39, 0.29) is 18.7 Å². The van der Waals surface area contributed by atoms with Crippen LogP contribution in [0.3, 0.4) is 0 Å². The topological polar surface area (TPSA) is 186 Å². The van der Waals surface area contributed by atoms with Gasteiger partial charge in [-0.15, -0.1) is 0 Å². The molecule has 7 N–H and O–H groups in total. The molecule has 5 unspecified atom stereocenters. The van der Waals surface area contributed by atoms with Crippen LogP contribution in [0.2, 0.25) is 0 Å². The number of aliphatic hydroxyl groups is 1. The molecule has 0 radical (unpaired) electrons. The van der Waals surface area contributed by atoms with Gasteiger partial charge in [0.2, 0.25) is 17.7 Å². The Bertz CT molecular complexity index is 1020. The zero-order valence-electron chi connectivity index (χ0n) is 19.9. The third-order valence-electron chi connectivity index (χ3n) is 5.95. The Morgan fingerprint density at radius 3 is 2.33 bits per heavy atom. The molecule has 0 saturated carbocycles. The normalized spacial score (nSPS) is 18.4. The van der Waals surface area contributed by atoms with Gasteiger partial charge in [-0.05, 0) is 31.9 Å². The lowest BCUT2D eigenvalue weighted by Crippen LogP contribution is -2.59. The van der Waals surface area contributed by atoms with E-state index in [1.807, 2.05) is 0 Å². The van der Waals surface area contributed by atoms with Crippen LogP contribution in [0.5, 0.6) is 0 Å². The number of rotatable bonds is 12. The number of amides is 3. The minimum Gasteiger partial charge on any atom is -0.480 e. The van der Waals surface area contributed by atoms with Crippen molar-refractivity contribution in [3.05, 3.63) is 54.1 Å². The Morgan fingerprint density at radius 2 is 1.75 bits per heavy atom. The van der Waals surface area contributed by atoms with Gasteiger partial charge in [-0.25, -0.2) is 9.78 Å². The Morgan fingerprint density at radius 1 is 1.06 bits per heavy atom. The Kier molecular flexibility index (Phi) is 9.53. The van der Waals surface area contributed by atoms with Crippen molar-refractivity contribution >= 4 is 23.7 Å². The highest BCUT2D eigenvalue weighted by Crippen LogP contribution is 2.09. The minimum absolute atomic E-state index is 0.0689. The summed E-state index contributed by atoms with van der Waals surface area (Å²) < 4.78 is 0. The molecule has 1 aliphatic rings. The average Bonchev–Trinajstić information content (AvgIpc) is 3.56. The van der Waals surface area contributed by atoms with E-state index in [4.69, 9.17) is 0 Å². The standard InChI is InChI=1S/C24H32N6O6/c1-14(31)20(24(35)36)30-23(34)18(10-15-6-3-2-4-7-15)28-22(33)19(11-16-12-25-13-27-16)29-21(32)17-8-5-9-26-17/h2-4,6-7,12-14,17-20,26,31H,5,8-11H2,1H3,(H,25,27)(H,28,33)(H,29,32)(H,30,34)(H,35,36). The van der Waals surface area contributed by atoms with Crippen LogP contribution in [0.15, 0.2) is 42.9 Å². The summed E-state index contributed by atoms with van der Waals surface area (Å²) in [7, 11) is 0. The maximum Gasteiger partial charge on any atom is 0.328 e. The lowest BCUT2D eigenvalue weighted by Gasteiger charge is -2.26. The molecule has 1 fully saturated rings. The van der Waals surface area contributed by atoms with Gasteiger partial charge in [-0.3, -0.25) is 14.4 Å². The maximum atomic E-state index is 13.4. The van der Waals surface area contributed by atoms with E-state index in [0.717, 1.165) is 12.0 Å². The lowest BCUT2D eigenvalue weighted by molar-refractivity contribution is -0.145. The molecule has 0 spiro atoms. The number of benzene rings is 1. The SMILES string of the molecule is CC(O)C(NC(=O)C(Cc1ccccc1)NC(=O)C(Cc1cnc[nH]1)NC(=O)C1CCCN1)C(=O)O. The second kappa shape index (κ2) is 12.8. The summed E-state index contributed by atoms with van der Waals surface area (Å²) in [5.74, 6) is -3.12. The first-order chi connectivity index (χ1) is 17.2. The number of nitrogens with zero attached hydrogens (tertiary/aromatic N) is 1. The molecule has 3 amide bonds. The number of aliphatic carboxylic acids is 1. The first kappa shape index (κ1) is 26.8. The van der Waals surface area contributed by atoms with Crippen LogP contribution < -0.4 is 21.3 Å². The van der Waals surface area contributed by atoms with Crippen molar-refractivity contribution in [2.45, 2.75) is 62.9 Å². The molecule has 1 saturated heterocycles. The first-order valence-corrected chi connectivity index (χ1v) is 11.8. The predicted octanol–water partition coefficient (Wildman–Crippen LogP) is -1.13. The van der Waals surface area contributed by atoms with Crippen LogP contribution in [-0.4, -0.2) is 80.7 Å². The van der Waals surface area contributed by atoms with E-state index in [9.17, 15) is 29.4 Å². The van der Waals surface area contributed by atoms with Crippen molar-refractivity contribution in [3.8, 4) is 0 Å². The molecule has 12 nitrogen and oxygen atoms in total. The molecule has 2 heterocycles. The molecule has 5 atom stereocenters.